The van der Waals surface area contributed by atoms with Crippen LogP contribution in [0, 0.1) is 23.7 Å². The number of hydrogen-bond donors (Lipinski definition) is 0. The quantitative estimate of drug-likeness (QED) is 0.266. The van der Waals surface area contributed by atoms with Crippen molar-refractivity contribution >= 4 is 35.1 Å². The highest BCUT2D eigenvalue weighted by Gasteiger charge is 2.50. The van der Waals surface area contributed by atoms with Crippen molar-refractivity contribution in [2.45, 2.75) is 26.7 Å². The number of ether oxygens (including phenoxy) is 2. The summed E-state index contributed by atoms with van der Waals surface area (Å²) in [7, 11) is 0. The second kappa shape index (κ2) is 9.60. The fourth-order valence-electron chi connectivity index (χ4n) is 5.34. The van der Waals surface area contributed by atoms with Gasteiger partial charge in [-0.15, -0.1) is 0 Å². The Bertz CT molecular complexity index is 1250. The molecule has 8 nitrogen and oxygen atoms in total. The molecule has 5 rings (SSSR count). The van der Waals surface area contributed by atoms with Crippen LogP contribution >= 0.6 is 0 Å². The molecule has 3 aliphatic rings. The molecule has 2 aliphatic heterocycles. The third-order valence-electron chi connectivity index (χ3n) is 7.08. The van der Waals surface area contributed by atoms with Gasteiger partial charge >= 0.3 is 5.97 Å². The number of amides is 3. The van der Waals surface area contributed by atoms with E-state index in [1.165, 1.54) is 11.0 Å². The molecule has 2 saturated heterocycles. The van der Waals surface area contributed by atoms with E-state index >= 15 is 0 Å². The minimum absolute atomic E-state index is 0.0121. The maximum absolute atomic E-state index is 13.1. The van der Waals surface area contributed by atoms with Crippen LogP contribution in [0.3, 0.4) is 0 Å². The van der Waals surface area contributed by atoms with E-state index < -0.39 is 11.9 Å². The normalized spacial score (nSPS) is 25.3. The minimum Gasteiger partial charge on any atom is -0.492 e. The summed E-state index contributed by atoms with van der Waals surface area (Å²) in [5, 5.41) is 0. The van der Waals surface area contributed by atoms with Crippen molar-refractivity contribution < 1.29 is 28.7 Å². The summed E-state index contributed by atoms with van der Waals surface area (Å²) in [6.07, 6.45) is 4.50. The molecule has 2 fully saturated rings. The number of anilines is 2. The molecule has 0 N–H and O–H groups in total. The van der Waals surface area contributed by atoms with Crippen molar-refractivity contribution in [2.24, 2.45) is 23.7 Å². The summed E-state index contributed by atoms with van der Waals surface area (Å²) in [6, 6.07) is 13.7. The zero-order valence-corrected chi connectivity index (χ0v) is 20.3. The second-order valence-electron chi connectivity index (χ2n) is 9.39. The molecular weight excluding hydrogens is 460 g/mol. The Morgan fingerprint density at radius 1 is 1.06 bits per heavy atom. The molecule has 0 bridgehead atoms. The van der Waals surface area contributed by atoms with Gasteiger partial charge in [-0.3, -0.25) is 19.2 Å². The van der Waals surface area contributed by atoms with Gasteiger partial charge in [0.05, 0.1) is 35.7 Å². The van der Waals surface area contributed by atoms with Crippen LogP contribution in [0.15, 0.2) is 60.7 Å². The van der Waals surface area contributed by atoms with Crippen LogP contribution in [-0.2, 0) is 19.2 Å². The molecular formula is C28H28N2O6. The lowest BCUT2D eigenvalue weighted by Crippen LogP contribution is -2.31. The van der Waals surface area contributed by atoms with Crippen LogP contribution < -0.4 is 19.3 Å². The Kier molecular flexibility index (Phi) is 6.35. The number of carbonyl (C=O) groups is 4. The Morgan fingerprint density at radius 2 is 1.86 bits per heavy atom. The van der Waals surface area contributed by atoms with E-state index in [2.05, 4.69) is 0 Å². The van der Waals surface area contributed by atoms with Crippen molar-refractivity contribution in [1.82, 2.24) is 0 Å². The van der Waals surface area contributed by atoms with Gasteiger partial charge in [0.1, 0.15) is 11.5 Å². The number of imide groups is 1. The number of carbonyl (C=O) groups excluding carboxylic acids is 4. The Balaban J connectivity index is 1.30. The van der Waals surface area contributed by atoms with E-state index in [9.17, 15) is 19.2 Å². The average Bonchev–Trinajstić information content (AvgIpc) is 3.37. The molecule has 186 valence electrons. The lowest BCUT2D eigenvalue weighted by Gasteiger charge is -2.22. The highest BCUT2D eigenvalue weighted by molar-refractivity contribution is 6.22. The summed E-state index contributed by atoms with van der Waals surface area (Å²) in [6.45, 7) is 4.45. The van der Waals surface area contributed by atoms with Crippen molar-refractivity contribution in [3.63, 3.8) is 0 Å². The third-order valence-corrected chi connectivity index (χ3v) is 7.08. The largest absolute Gasteiger partial charge is 0.492 e. The fraction of sp³-hybridized carbons (Fsp3) is 0.357. The lowest BCUT2D eigenvalue weighted by atomic mass is 9.78. The van der Waals surface area contributed by atoms with Crippen LogP contribution in [0.2, 0.25) is 0 Å². The molecule has 2 aromatic rings. The first-order chi connectivity index (χ1) is 17.4. The fourth-order valence-corrected chi connectivity index (χ4v) is 5.34. The molecule has 1 aliphatic carbocycles. The first kappa shape index (κ1) is 23.8. The zero-order valence-electron chi connectivity index (χ0n) is 20.3. The molecule has 0 unspecified atom stereocenters. The smallest absolute Gasteiger partial charge is 0.316 e. The standard InChI is InChI=1S/C28H28N2O6/c1-3-35-23-13-5-4-12-22(23)29-16-18(14-24(29)31)28(34)36-20-10-7-9-19(15-20)30-26(32)21-11-6-8-17(2)25(21)27(30)33/h4-10,12-13,15,17-18,21,25H,3,11,14,16H2,1-2H3/t17-,18+,21+,25+/m0/s1. The summed E-state index contributed by atoms with van der Waals surface area (Å²) in [4.78, 5) is 54.6. The number of para-hydroxylation sites is 2. The predicted octanol–water partition coefficient (Wildman–Crippen LogP) is 3.75. The first-order valence-electron chi connectivity index (χ1n) is 12.3. The van der Waals surface area contributed by atoms with Gasteiger partial charge < -0.3 is 14.4 Å². The van der Waals surface area contributed by atoms with Crippen molar-refractivity contribution in [3.8, 4) is 11.5 Å². The van der Waals surface area contributed by atoms with E-state index in [0.29, 0.717) is 30.2 Å². The van der Waals surface area contributed by atoms with Crippen LogP contribution in [0.1, 0.15) is 26.7 Å². The number of fused-ring (bicyclic) bond motifs is 1. The summed E-state index contributed by atoms with van der Waals surface area (Å²) in [5.41, 5.74) is 1.00. The van der Waals surface area contributed by atoms with E-state index in [-0.39, 0.29) is 54.2 Å². The predicted molar refractivity (Wildman–Crippen MR) is 133 cm³/mol. The molecule has 0 aromatic heterocycles. The molecule has 2 aromatic carbocycles. The van der Waals surface area contributed by atoms with Gasteiger partial charge in [-0.05, 0) is 43.5 Å². The third kappa shape index (κ3) is 4.17. The van der Waals surface area contributed by atoms with Crippen molar-refractivity contribution in [1.29, 1.82) is 0 Å². The van der Waals surface area contributed by atoms with Gasteiger partial charge in [0, 0.05) is 19.0 Å². The van der Waals surface area contributed by atoms with Gasteiger partial charge in [0.25, 0.3) is 0 Å². The van der Waals surface area contributed by atoms with E-state index in [1.54, 1.807) is 35.2 Å². The number of hydrogen-bond acceptors (Lipinski definition) is 6. The Morgan fingerprint density at radius 3 is 2.64 bits per heavy atom. The van der Waals surface area contributed by atoms with Gasteiger partial charge in [0.15, 0.2) is 0 Å². The maximum Gasteiger partial charge on any atom is 0.316 e. The van der Waals surface area contributed by atoms with Crippen LogP contribution in [0.5, 0.6) is 11.5 Å². The van der Waals surface area contributed by atoms with Crippen molar-refractivity contribution in [3.05, 3.63) is 60.7 Å². The molecule has 8 heteroatoms. The van der Waals surface area contributed by atoms with Crippen LogP contribution in [0.4, 0.5) is 11.4 Å². The molecule has 36 heavy (non-hydrogen) atoms. The molecule has 4 atom stereocenters. The molecule has 3 amide bonds. The minimum atomic E-state index is -0.652. The SMILES string of the molecule is CCOc1ccccc1N1C[C@H](C(=O)Oc2cccc(N3C(=O)[C@@H]4[C@@H](C)C=CC[C@H]4C3=O)c2)CC1=O. The second-order valence-corrected chi connectivity index (χ2v) is 9.39. The lowest BCUT2D eigenvalue weighted by molar-refractivity contribution is -0.139. The Labute approximate surface area is 209 Å². The van der Waals surface area contributed by atoms with E-state index in [0.717, 1.165) is 0 Å². The van der Waals surface area contributed by atoms with Crippen LogP contribution in [-0.4, -0.2) is 36.8 Å². The monoisotopic (exact) mass is 488 g/mol. The Hall–Kier alpha value is -3.94. The average molecular weight is 489 g/mol. The number of allylic oxidation sites excluding steroid dienone is 2. The number of benzene rings is 2. The summed E-state index contributed by atoms with van der Waals surface area (Å²) in [5.74, 6) is -1.77. The number of esters is 1. The van der Waals surface area contributed by atoms with Crippen LogP contribution in [0.25, 0.3) is 0 Å². The van der Waals surface area contributed by atoms with Gasteiger partial charge in [-0.2, -0.15) is 0 Å². The summed E-state index contributed by atoms with van der Waals surface area (Å²) >= 11 is 0. The first-order valence-corrected chi connectivity index (χ1v) is 12.3. The van der Waals surface area contributed by atoms with Gasteiger partial charge in [0.2, 0.25) is 17.7 Å². The maximum atomic E-state index is 13.1. The highest BCUT2D eigenvalue weighted by Crippen LogP contribution is 2.41. The number of nitrogens with zero attached hydrogens (tertiary/aromatic N) is 2. The molecule has 2 heterocycles. The molecule has 0 saturated carbocycles. The van der Waals surface area contributed by atoms with E-state index in [4.69, 9.17) is 9.47 Å². The highest BCUT2D eigenvalue weighted by atomic mass is 16.5. The van der Waals surface area contributed by atoms with Gasteiger partial charge in [-0.25, -0.2) is 4.90 Å². The van der Waals surface area contributed by atoms with Gasteiger partial charge in [-0.1, -0.05) is 37.3 Å². The van der Waals surface area contributed by atoms with E-state index in [1.807, 2.05) is 38.1 Å². The zero-order chi connectivity index (χ0) is 25.4. The summed E-state index contributed by atoms with van der Waals surface area (Å²) < 4.78 is 11.2. The van der Waals surface area contributed by atoms with Crippen molar-refractivity contribution in [2.75, 3.05) is 23.0 Å². The number of rotatable bonds is 6. The topological polar surface area (TPSA) is 93.2 Å². The molecule has 0 spiro atoms. The molecule has 0 radical (unpaired) electrons.